The molecule has 186 valence electrons. The molecule has 2 amide bonds. The normalized spacial score (nSPS) is 11.8. The average molecular weight is 492 g/mol. The molecule has 1 heterocycles. The lowest BCUT2D eigenvalue weighted by molar-refractivity contribution is -0.140. The smallest absolute Gasteiger partial charge is 0.251 e. The van der Waals surface area contributed by atoms with Crippen molar-refractivity contribution in [3.63, 3.8) is 0 Å². The number of fused-ring (bicyclic) bond motifs is 1. The maximum Gasteiger partial charge on any atom is 0.251 e. The van der Waals surface area contributed by atoms with Gasteiger partial charge in [-0.2, -0.15) is 0 Å². The first-order valence-electron chi connectivity index (χ1n) is 11.3. The number of halogens is 1. The second kappa shape index (κ2) is 11.4. The molecule has 1 N–H and O–H groups in total. The molecule has 0 saturated carbocycles. The molecule has 0 aliphatic carbocycles. The summed E-state index contributed by atoms with van der Waals surface area (Å²) >= 11 is 0. The van der Waals surface area contributed by atoms with Gasteiger partial charge in [-0.25, -0.2) is 9.07 Å². The van der Waals surface area contributed by atoms with Gasteiger partial charge in [-0.05, 0) is 54.1 Å². The third-order valence-electron chi connectivity index (χ3n) is 5.67. The van der Waals surface area contributed by atoms with E-state index in [2.05, 4.69) is 15.6 Å². The monoisotopic (exact) mass is 491 g/mol. The zero-order valence-corrected chi connectivity index (χ0v) is 19.9. The minimum atomic E-state index is -1.00. The predicted molar refractivity (Wildman–Crippen MR) is 132 cm³/mol. The summed E-state index contributed by atoms with van der Waals surface area (Å²) in [6.45, 7) is 0.233. The van der Waals surface area contributed by atoms with Crippen LogP contribution in [0.15, 0.2) is 72.8 Å². The second-order valence-electron chi connectivity index (χ2n) is 7.99. The fraction of sp³-hybridized carbons (Fsp3) is 0.231. The van der Waals surface area contributed by atoms with Gasteiger partial charge in [-0.1, -0.05) is 29.5 Å². The fourth-order valence-corrected chi connectivity index (χ4v) is 3.84. The third kappa shape index (κ3) is 5.66. The van der Waals surface area contributed by atoms with Gasteiger partial charge < -0.3 is 19.7 Å². The number of hydrogen-bond donors (Lipinski definition) is 1. The number of aromatic nitrogens is 3. The van der Waals surface area contributed by atoms with E-state index in [1.807, 2.05) is 24.3 Å². The van der Waals surface area contributed by atoms with Gasteiger partial charge in [-0.15, -0.1) is 5.10 Å². The molecule has 3 aromatic carbocycles. The number of ether oxygens (including phenoxy) is 2. The molecule has 0 spiro atoms. The Labute approximate surface area is 207 Å². The first-order chi connectivity index (χ1) is 17.5. The number of carbonyl (C=O) groups is 2. The van der Waals surface area contributed by atoms with Crippen LogP contribution in [0.25, 0.3) is 11.0 Å². The molecule has 0 aliphatic rings. The summed E-state index contributed by atoms with van der Waals surface area (Å²) in [4.78, 5) is 28.6. The molecular weight excluding hydrogens is 465 g/mol. The number of hydrogen-bond acceptors (Lipinski definition) is 6. The maximum absolute atomic E-state index is 13.6. The van der Waals surface area contributed by atoms with Crippen molar-refractivity contribution >= 4 is 28.5 Å². The first kappa shape index (κ1) is 24.8. The van der Waals surface area contributed by atoms with E-state index in [4.69, 9.17) is 9.47 Å². The van der Waals surface area contributed by atoms with Crippen molar-refractivity contribution in [3.8, 4) is 5.75 Å². The lowest BCUT2D eigenvalue weighted by Crippen LogP contribution is -2.44. The van der Waals surface area contributed by atoms with Crippen LogP contribution in [0, 0.1) is 5.82 Å². The van der Waals surface area contributed by atoms with Gasteiger partial charge in [0.1, 0.15) is 29.7 Å². The van der Waals surface area contributed by atoms with Crippen LogP contribution in [0.4, 0.5) is 10.1 Å². The Morgan fingerprint density at radius 1 is 1.03 bits per heavy atom. The van der Waals surface area contributed by atoms with Crippen LogP contribution in [0.3, 0.4) is 0 Å². The quantitative estimate of drug-likeness (QED) is 0.365. The molecule has 1 atom stereocenters. The Kier molecular flexibility index (Phi) is 7.86. The van der Waals surface area contributed by atoms with Gasteiger partial charge >= 0.3 is 0 Å². The lowest BCUT2D eigenvalue weighted by Gasteiger charge is -2.31. The van der Waals surface area contributed by atoms with Crippen LogP contribution < -0.4 is 10.1 Å². The largest absolute Gasteiger partial charge is 0.497 e. The predicted octanol–water partition coefficient (Wildman–Crippen LogP) is 3.43. The van der Waals surface area contributed by atoms with Gasteiger partial charge in [0.15, 0.2) is 0 Å². The number of nitrogens with zero attached hydrogens (tertiary/aromatic N) is 4. The minimum Gasteiger partial charge on any atom is -0.497 e. The van der Waals surface area contributed by atoms with E-state index in [0.717, 1.165) is 0 Å². The third-order valence-corrected chi connectivity index (χ3v) is 5.67. The second-order valence-corrected chi connectivity index (χ2v) is 7.99. The zero-order valence-electron chi connectivity index (χ0n) is 19.9. The van der Waals surface area contributed by atoms with E-state index < -0.39 is 17.8 Å². The number of anilines is 1. The number of nitrogens with one attached hydrogen (secondary N) is 1. The minimum absolute atomic E-state index is 0.124. The Morgan fingerprint density at radius 2 is 1.75 bits per heavy atom. The summed E-state index contributed by atoms with van der Waals surface area (Å²) in [6, 6.07) is 18.6. The van der Waals surface area contributed by atoms with Gasteiger partial charge in [0.25, 0.3) is 5.91 Å². The van der Waals surface area contributed by atoms with Crippen molar-refractivity contribution in [2.75, 3.05) is 32.7 Å². The number of rotatable bonds is 10. The van der Waals surface area contributed by atoms with Crippen molar-refractivity contribution in [3.05, 3.63) is 84.2 Å². The summed E-state index contributed by atoms with van der Waals surface area (Å²) in [5, 5.41) is 11.0. The van der Waals surface area contributed by atoms with E-state index in [9.17, 15) is 14.0 Å². The summed E-state index contributed by atoms with van der Waals surface area (Å²) in [5.41, 5.74) is 2.34. The summed E-state index contributed by atoms with van der Waals surface area (Å²) in [6.07, 6.45) is 0. The summed E-state index contributed by atoms with van der Waals surface area (Å²) < 4.78 is 25.4. The lowest BCUT2D eigenvalue weighted by atomic mass is 10.0. The van der Waals surface area contributed by atoms with Gasteiger partial charge in [-0.3, -0.25) is 9.59 Å². The molecular formula is C26H26FN5O4. The molecule has 4 aromatic rings. The molecule has 0 radical (unpaired) electrons. The van der Waals surface area contributed by atoms with Crippen LogP contribution in [0.2, 0.25) is 0 Å². The Bertz CT molecular complexity index is 1320. The van der Waals surface area contributed by atoms with E-state index >= 15 is 0 Å². The van der Waals surface area contributed by atoms with Crippen LogP contribution in [0.5, 0.6) is 5.75 Å². The SMILES string of the molecule is COCCN(C(=O)Cn1nnc2ccccc21)[C@@H](C(=O)Nc1ccc(F)cc1)c1ccc(OC)cc1. The molecule has 0 saturated heterocycles. The van der Waals surface area contributed by atoms with Crippen molar-refractivity contribution in [2.45, 2.75) is 12.6 Å². The van der Waals surface area contributed by atoms with E-state index in [0.29, 0.717) is 28.0 Å². The van der Waals surface area contributed by atoms with E-state index in [-0.39, 0.29) is 25.6 Å². The topological polar surface area (TPSA) is 98.6 Å². The van der Waals surface area contributed by atoms with Gasteiger partial charge in [0, 0.05) is 19.3 Å². The number of carbonyl (C=O) groups excluding carboxylic acids is 2. The highest BCUT2D eigenvalue weighted by atomic mass is 19.1. The summed E-state index contributed by atoms with van der Waals surface area (Å²) in [5.74, 6) is -0.616. The molecule has 4 rings (SSSR count). The van der Waals surface area contributed by atoms with Crippen molar-refractivity contribution in [1.82, 2.24) is 19.9 Å². The van der Waals surface area contributed by atoms with Crippen LogP contribution in [-0.2, 0) is 20.9 Å². The maximum atomic E-state index is 13.6. The molecule has 0 unspecified atom stereocenters. The number of para-hydroxylation sites is 1. The van der Waals surface area contributed by atoms with Crippen molar-refractivity contribution in [1.29, 1.82) is 0 Å². The van der Waals surface area contributed by atoms with Crippen molar-refractivity contribution in [2.24, 2.45) is 0 Å². The Morgan fingerprint density at radius 3 is 2.44 bits per heavy atom. The van der Waals surface area contributed by atoms with Crippen LogP contribution >= 0.6 is 0 Å². The highest BCUT2D eigenvalue weighted by molar-refractivity contribution is 5.98. The number of methoxy groups -OCH3 is 2. The molecule has 0 fully saturated rings. The number of benzene rings is 3. The van der Waals surface area contributed by atoms with E-state index in [1.54, 1.807) is 31.4 Å². The molecule has 9 nitrogen and oxygen atoms in total. The molecule has 36 heavy (non-hydrogen) atoms. The highest BCUT2D eigenvalue weighted by Crippen LogP contribution is 2.26. The molecule has 0 aliphatic heterocycles. The number of amides is 2. The Hall–Kier alpha value is -4.31. The molecule has 1 aromatic heterocycles. The highest BCUT2D eigenvalue weighted by Gasteiger charge is 2.32. The van der Waals surface area contributed by atoms with Gasteiger partial charge in [0.2, 0.25) is 5.91 Å². The average Bonchev–Trinajstić information content (AvgIpc) is 3.30. The molecule has 0 bridgehead atoms. The first-order valence-corrected chi connectivity index (χ1v) is 11.3. The molecule has 10 heteroatoms. The van der Waals surface area contributed by atoms with E-state index in [1.165, 1.54) is 41.0 Å². The van der Waals surface area contributed by atoms with Crippen LogP contribution in [-0.4, -0.2) is 59.1 Å². The fourth-order valence-electron chi connectivity index (χ4n) is 3.84. The van der Waals surface area contributed by atoms with Gasteiger partial charge in [0.05, 0.1) is 19.2 Å². The standard InChI is InChI=1S/C26H26FN5O4/c1-35-16-15-31(24(33)17-32-23-6-4-3-5-22(23)29-30-32)25(18-7-13-21(36-2)14-8-18)26(34)28-20-11-9-19(27)10-12-20/h3-14,25H,15-17H2,1-2H3,(H,28,34)/t25-/m1/s1. The Balaban J connectivity index is 1.68. The van der Waals surface area contributed by atoms with Crippen molar-refractivity contribution < 1.29 is 23.5 Å². The van der Waals surface area contributed by atoms with Crippen LogP contribution in [0.1, 0.15) is 11.6 Å². The summed E-state index contributed by atoms with van der Waals surface area (Å²) in [7, 11) is 3.07. The zero-order chi connectivity index (χ0) is 25.5.